The van der Waals surface area contributed by atoms with Gasteiger partial charge in [0.2, 0.25) is 5.91 Å². The molecule has 104 valence electrons. The van der Waals surface area contributed by atoms with Gasteiger partial charge in [-0.25, -0.2) is 0 Å². The predicted molar refractivity (Wildman–Crippen MR) is 65.2 cm³/mol. The van der Waals surface area contributed by atoms with Crippen molar-refractivity contribution in [2.24, 2.45) is 0 Å². The molecule has 0 fully saturated rings. The fourth-order valence-corrected chi connectivity index (χ4v) is 1.58. The summed E-state index contributed by atoms with van der Waals surface area (Å²) >= 11 is 0. The summed E-state index contributed by atoms with van der Waals surface area (Å²) in [5, 5.41) is 10.9. The molecule has 0 saturated carbocycles. The highest BCUT2D eigenvalue weighted by Crippen LogP contribution is 2.34. The highest BCUT2D eigenvalue weighted by Gasteiger charge is 2.33. The Hall–Kier alpha value is -1.82. The van der Waals surface area contributed by atoms with Gasteiger partial charge in [-0.15, -0.1) is 0 Å². The van der Waals surface area contributed by atoms with Gasteiger partial charge < -0.3 is 10.4 Å². The minimum absolute atomic E-state index is 0.0332. The van der Waals surface area contributed by atoms with Crippen LogP contribution in [-0.2, 0) is 11.0 Å². The summed E-state index contributed by atoms with van der Waals surface area (Å²) in [6.45, 7) is 1.27. The van der Waals surface area contributed by atoms with E-state index in [1.54, 1.807) is 0 Å². The van der Waals surface area contributed by atoms with Crippen molar-refractivity contribution in [1.29, 1.82) is 0 Å². The number of aliphatic hydroxyl groups is 1. The number of hydrogen-bond acceptors (Lipinski definition) is 2. The van der Waals surface area contributed by atoms with E-state index in [-0.39, 0.29) is 24.3 Å². The number of rotatable bonds is 4. The number of benzene rings is 1. The molecule has 1 aromatic rings. The van der Waals surface area contributed by atoms with Crippen LogP contribution in [0.25, 0.3) is 5.57 Å². The monoisotopic (exact) mass is 273 g/mol. The Morgan fingerprint density at radius 2 is 2.00 bits per heavy atom. The molecule has 3 nitrogen and oxygen atoms in total. The standard InChI is InChI=1S/C13H14F3NO2/c1-9(8-12(19)17-6-7-18)10-4-2-3-5-11(10)13(14,15)16/h2-5,8,18H,6-7H2,1H3,(H,17,19)/b9-8-. The van der Waals surface area contributed by atoms with Gasteiger partial charge in [0.1, 0.15) is 0 Å². The Kier molecular flexibility index (Phi) is 5.11. The van der Waals surface area contributed by atoms with Crippen LogP contribution in [0.4, 0.5) is 13.2 Å². The van der Waals surface area contributed by atoms with Gasteiger partial charge in [0, 0.05) is 12.6 Å². The molecule has 0 atom stereocenters. The molecule has 0 spiro atoms. The van der Waals surface area contributed by atoms with E-state index < -0.39 is 17.6 Å². The van der Waals surface area contributed by atoms with Crippen molar-refractivity contribution in [3.63, 3.8) is 0 Å². The van der Waals surface area contributed by atoms with Gasteiger partial charge in [-0.05, 0) is 24.1 Å². The normalized spacial score (nSPS) is 12.4. The third-order valence-electron chi connectivity index (χ3n) is 2.42. The number of halogens is 3. The Bertz CT molecular complexity index is 481. The molecule has 0 radical (unpaired) electrons. The lowest BCUT2D eigenvalue weighted by Gasteiger charge is -2.12. The fraction of sp³-hybridized carbons (Fsp3) is 0.308. The molecular weight excluding hydrogens is 259 g/mol. The number of nitrogens with one attached hydrogen (secondary N) is 1. The van der Waals surface area contributed by atoms with Crippen molar-refractivity contribution < 1.29 is 23.1 Å². The van der Waals surface area contributed by atoms with E-state index in [1.165, 1.54) is 25.1 Å². The molecule has 0 bridgehead atoms. The van der Waals surface area contributed by atoms with E-state index in [0.717, 1.165) is 12.1 Å². The van der Waals surface area contributed by atoms with Gasteiger partial charge in [0.05, 0.1) is 12.2 Å². The van der Waals surface area contributed by atoms with Crippen molar-refractivity contribution in [3.8, 4) is 0 Å². The lowest BCUT2D eigenvalue weighted by molar-refractivity contribution is -0.137. The molecule has 0 aliphatic rings. The second-order valence-electron chi connectivity index (χ2n) is 3.89. The quantitative estimate of drug-likeness (QED) is 0.826. The van der Waals surface area contributed by atoms with E-state index in [9.17, 15) is 18.0 Å². The van der Waals surface area contributed by atoms with Crippen LogP contribution < -0.4 is 5.32 Å². The molecule has 1 aromatic carbocycles. The van der Waals surface area contributed by atoms with Crippen LogP contribution in [0.2, 0.25) is 0 Å². The number of allylic oxidation sites excluding steroid dienone is 1. The van der Waals surface area contributed by atoms with E-state index in [1.807, 2.05) is 0 Å². The molecule has 0 saturated heterocycles. The molecule has 0 aromatic heterocycles. The van der Waals surface area contributed by atoms with Gasteiger partial charge in [0.15, 0.2) is 0 Å². The van der Waals surface area contributed by atoms with Crippen LogP contribution in [0.5, 0.6) is 0 Å². The maximum absolute atomic E-state index is 12.8. The first kappa shape index (κ1) is 15.2. The summed E-state index contributed by atoms with van der Waals surface area (Å²) in [5.74, 6) is -0.538. The van der Waals surface area contributed by atoms with Crippen molar-refractivity contribution in [3.05, 3.63) is 41.5 Å². The molecule has 0 aliphatic carbocycles. The molecule has 0 unspecified atom stereocenters. The van der Waals surface area contributed by atoms with Crippen LogP contribution in [-0.4, -0.2) is 24.2 Å². The van der Waals surface area contributed by atoms with Crippen molar-refractivity contribution in [1.82, 2.24) is 5.32 Å². The molecule has 6 heteroatoms. The average Bonchev–Trinajstić information content (AvgIpc) is 2.35. The zero-order valence-electron chi connectivity index (χ0n) is 10.3. The summed E-state index contributed by atoms with van der Waals surface area (Å²) in [7, 11) is 0. The summed E-state index contributed by atoms with van der Waals surface area (Å²) < 4.78 is 38.4. The zero-order chi connectivity index (χ0) is 14.5. The maximum atomic E-state index is 12.8. The van der Waals surface area contributed by atoms with Crippen LogP contribution in [0.15, 0.2) is 30.3 Å². The fourth-order valence-electron chi connectivity index (χ4n) is 1.58. The average molecular weight is 273 g/mol. The molecule has 2 N–H and O–H groups in total. The van der Waals surface area contributed by atoms with E-state index in [4.69, 9.17) is 5.11 Å². The molecule has 1 rings (SSSR count). The smallest absolute Gasteiger partial charge is 0.395 e. The molecule has 0 aliphatic heterocycles. The minimum Gasteiger partial charge on any atom is -0.395 e. The first-order valence-corrected chi connectivity index (χ1v) is 5.60. The van der Waals surface area contributed by atoms with Crippen LogP contribution in [0.3, 0.4) is 0 Å². The minimum atomic E-state index is -4.47. The lowest BCUT2D eigenvalue weighted by Crippen LogP contribution is -2.24. The Morgan fingerprint density at radius 1 is 1.37 bits per heavy atom. The molecular formula is C13H14F3NO2. The van der Waals surface area contributed by atoms with Crippen LogP contribution in [0, 0.1) is 0 Å². The maximum Gasteiger partial charge on any atom is 0.416 e. The molecule has 0 heterocycles. The Balaban J connectivity index is 3.03. The van der Waals surface area contributed by atoms with Crippen LogP contribution in [0.1, 0.15) is 18.1 Å². The van der Waals surface area contributed by atoms with Crippen molar-refractivity contribution in [2.45, 2.75) is 13.1 Å². The third-order valence-corrected chi connectivity index (χ3v) is 2.42. The third kappa shape index (κ3) is 4.40. The summed E-state index contributed by atoms with van der Waals surface area (Å²) in [6.07, 6.45) is -3.38. The molecule has 19 heavy (non-hydrogen) atoms. The first-order valence-electron chi connectivity index (χ1n) is 5.60. The van der Waals surface area contributed by atoms with E-state index in [0.29, 0.717) is 0 Å². The number of carbonyl (C=O) groups excluding carboxylic acids is 1. The number of alkyl halides is 3. The highest BCUT2D eigenvalue weighted by atomic mass is 19.4. The Morgan fingerprint density at radius 3 is 2.58 bits per heavy atom. The highest BCUT2D eigenvalue weighted by molar-refractivity contribution is 5.95. The second-order valence-corrected chi connectivity index (χ2v) is 3.89. The van der Waals surface area contributed by atoms with Crippen molar-refractivity contribution in [2.75, 3.05) is 13.2 Å². The van der Waals surface area contributed by atoms with E-state index >= 15 is 0 Å². The molecule has 1 amide bonds. The lowest BCUT2D eigenvalue weighted by atomic mass is 10.00. The van der Waals surface area contributed by atoms with Gasteiger partial charge in [-0.2, -0.15) is 13.2 Å². The largest absolute Gasteiger partial charge is 0.416 e. The number of hydrogen-bond donors (Lipinski definition) is 2. The van der Waals surface area contributed by atoms with Crippen LogP contribution >= 0.6 is 0 Å². The van der Waals surface area contributed by atoms with Gasteiger partial charge in [-0.3, -0.25) is 4.79 Å². The number of amides is 1. The van der Waals surface area contributed by atoms with Gasteiger partial charge in [0.25, 0.3) is 0 Å². The Labute approximate surface area is 108 Å². The second kappa shape index (κ2) is 6.38. The number of carbonyl (C=O) groups is 1. The topological polar surface area (TPSA) is 49.3 Å². The van der Waals surface area contributed by atoms with Gasteiger partial charge >= 0.3 is 6.18 Å². The SMILES string of the molecule is C/C(=C/C(=O)NCCO)c1ccccc1C(F)(F)F. The predicted octanol–water partition coefficient (Wildman–Crippen LogP) is 2.22. The summed E-state index contributed by atoms with van der Waals surface area (Å²) in [6, 6.07) is 5.06. The van der Waals surface area contributed by atoms with Crippen molar-refractivity contribution >= 4 is 11.5 Å². The van der Waals surface area contributed by atoms with E-state index in [2.05, 4.69) is 5.32 Å². The summed E-state index contributed by atoms with van der Waals surface area (Å²) in [5.41, 5.74) is -0.601. The zero-order valence-corrected chi connectivity index (χ0v) is 10.3. The summed E-state index contributed by atoms with van der Waals surface area (Å²) in [4.78, 5) is 11.4. The first-order chi connectivity index (χ1) is 8.86. The van der Waals surface area contributed by atoms with Gasteiger partial charge in [-0.1, -0.05) is 18.2 Å². The number of aliphatic hydroxyl groups excluding tert-OH is 1.